The number of aromatic nitrogens is 2. The van der Waals surface area contributed by atoms with Crippen LogP contribution in [-0.2, 0) is 14.1 Å². The monoisotopic (exact) mass is 422 g/mol. The van der Waals surface area contributed by atoms with Crippen molar-refractivity contribution >= 4 is 66.4 Å². The average Bonchev–Trinajstić information content (AvgIpc) is 3.19. The zero-order valence-electron chi connectivity index (χ0n) is 18.1. The van der Waals surface area contributed by atoms with Crippen LogP contribution in [0.2, 0.25) is 0 Å². The van der Waals surface area contributed by atoms with Crippen molar-refractivity contribution in [1.29, 1.82) is 0 Å². The summed E-state index contributed by atoms with van der Waals surface area (Å²) in [6.45, 7) is 0. The van der Waals surface area contributed by atoms with Gasteiger partial charge in [-0.1, -0.05) is 0 Å². The van der Waals surface area contributed by atoms with Crippen LogP contribution in [-0.4, -0.2) is 9.13 Å². The molecule has 6 nitrogen and oxygen atoms in total. The van der Waals surface area contributed by atoms with Crippen LogP contribution in [0.4, 0.5) is 22.7 Å². The average molecular weight is 423 g/mol. The molecule has 32 heavy (non-hydrogen) atoms. The number of hydrogen-bond acceptors (Lipinski definition) is 4. The lowest BCUT2D eigenvalue weighted by molar-refractivity contribution is 1.01. The van der Waals surface area contributed by atoms with Gasteiger partial charge in [-0.2, -0.15) is 0 Å². The maximum atomic E-state index is 5.82. The molecule has 0 bridgehead atoms. The molecule has 0 radical (unpaired) electrons. The summed E-state index contributed by atoms with van der Waals surface area (Å²) in [6.07, 6.45) is 0. The zero-order valence-corrected chi connectivity index (χ0v) is 18.1. The van der Waals surface area contributed by atoms with Gasteiger partial charge in [0.05, 0.1) is 0 Å². The minimum Gasteiger partial charge on any atom is -0.399 e. The number of nitrogens with two attached hydrogens (primary N) is 4. The van der Waals surface area contributed by atoms with Crippen LogP contribution < -0.4 is 22.9 Å². The molecular weight excluding hydrogens is 396 g/mol. The molecule has 0 saturated heterocycles. The van der Waals surface area contributed by atoms with Gasteiger partial charge >= 0.3 is 0 Å². The van der Waals surface area contributed by atoms with Crippen molar-refractivity contribution in [3.8, 4) is 0 Å². The molecule has 0 atom stereocenters. The number of rotatable bonds is 0. The topological polar surface area (TPSA) is 114 Å². The number of nitrogen functional groups attached to an aromatic ring is 4. The van der Waals surface area contributed by atoms with Gasteiger partial charge in [0.25, 0.3) is 0 Å². The smallest absolute Gasteiger partial charge is 0.0490 e. The van der Waals surface area contributed by atoms with Gasteiger partial charge in [-0.05, 0) is 72.8 Å². The SMILES string of the molecule is Cn1c2ccc(N)cc2c2cc(N)ccc21.Cn1c2ccc(N)cc2c2cc(N)ccc21. The van der Waals surface area contributed by atoms with Crippen LogP contribution in [0.3, 0.4) is 0 Å². The summed E-state index contributed by atoms with van der Waals surface area (Å²) in [4.78, 5) is 0. The van der Waals surface area contributed by atoms with Crippen LogP contribution >= 0.6 is 0 Å². The summed E-state index contributed by atoms with van der Waals surface area (Å²) >= 11 is 0. The van der Waals surface area contributed by atoms with Gasteiger partial charge in [0.15, 0.2) is 0 Å². The van der Waals surface area contributed by atoms with Crippen LogP contribution in [0, 0.1) is 0 Å². The summed E-state index contributed by atoms with van der Waals surface area (Å²) in [6, 6.07) is 23.8. The second-order valence-corrected chi connectivity index (χ2v) is 8.22. The zero-order chi connectivity index (χ0) is 22.6. The van der Waals surface area contributed by atoms with E-state index in [0.29, 0.717) is 0 Å². The Morgan fingerprint density at radius 3 is 0.844 bits per heavy atom. The molecule has 0 fully saturated rings. The molecule has 0 aliphatic carbocycles. The van der Waals surface area contributed by atoms with E-state index in [0.717, 1.165) is 44.3 Å². The van der Waals surface area contributed by atoms with E-state index in [2.05, 4.69) is 23.2 Å². The number of benzene rings is 4. The summed E-state index contributed by atoms with van der Waals surface area (Å²) in [7, 11) is 4.11. The Hall–Kier alpha value is -4.32. The lowest BCUT2D eigenvalue weighted by Gasteiger charge is -1.97. The Morgan fingerprint density at radius 2 is 0.625 bits per heavy atom. The highest BCUT2D eigenvalue weighted by molar-refractivity contribution is 6.10. The highest BCUT2D eigenvalue weighted by atomic mass is 14.9. The highest BCUT2D eigenvalue weighted by Crippen LogP contribution is 2.31. The van der Waals surface area contributed by atoms with E-state index >= 15 is 0 Å². The van der Waals surface area contributed by atoms with E-state index in [1.807, 2.05) is 72.8 Å². The summed E-state index contributed by atoms with van der Waals surface area (Å²) < 4.78 is 4.31. The second-order valence-electron chi connectivity index (χ2n) is 8.22. The maximum absolute atomic E-state index is 5.82. The van der Waals surface area contributed by atoms with Crippen molar-refractivity contribution < 1.29 is 0 Å². The summed E-state index contributed by atoms with van der Waals surface area (Å²) in [5, 5.41) is 4.63. The lowest BCUT2D eigenvalue weighted by atomic mass is 10.1. The molecule has 6 rings (SSSR count). The predicted molar refractivity (Wildman–Crippen MR) is 138 cm³/mol. The van der Waals surface area contributed by atoms with Gasteiger partial charge in [-0.3, -0.25) is 0 Å². The fourth-order valence-electron chi connectivity index (χ4n) is 4.51. The first-order valence-corrected chi connectivity index (χ1v) is 10.4. The van der Waals surface area contributed by atoms with Crippen molar-refractivity contribution in [2.45, 2.75) is 0 Å². The third kappa shape index (κ3) is 3.04. The van der Waals surface area contributed by atoms with E-state index in [-0.39, 0.29) is 0 Å². The molecule has 2 aromatic heterocycles. The lowest BCUT2D eigenvalue weighted by Crippen LogP contribution is -1.88. The highest BCUT2D eigenvalue weighted by Gasteiger charge is 2.09. The van der Waals surface area contributed by atoms with E-state index < -0.39 is 0 Å². The van der Waals surface area contributed by atoms with Crippen molar-refractivity contribution in [3.05, 3.63) is 72.8 Å². The van der Waals surface area contributed by atoms with E-state index in [1.165, 1.54) is 22.1 Å². The Morgan fingerprint density at radius 1 is 0.406 bits per heavy atom. The van der Waals surface area contributed by atoms with Crippen molar-refractivity contribution in [3.63, 3.8) is 0 Å². The largest absolute Gasteiger partial charge is 0.399 e. The third-order valence-electron chi connectivity index (χ3n) is 6.11. The van der Waals surface area contributed by atoms with Crippen molar-refractivity contribution in [1.82, 2.24) is 9.13 Å². The Balaban J connectivity index is 0.000000135. The predicted octanol–water partition coefficient (Wildman–Crippen LogP) is 4.99. The molecular formula is C26H26N6. The molecule has 0 aliphatic heterocycles. The van der Waals surface area contributed by atoms with Gasteiger partial charge in [0.2, 0.25) is 0 Å². The first-order valence-electron chi connectivity index (χ1n) is 10.4. The molecule has 0 aliphatic rings. The number of nitrogens with zero attached hydrogens (tertiary/aromatic N) is 2. The van der Waals surface area contributed by atoms with Gasteiger partial charge in [-0.15, -0.1) is 0 Å². The maximum Gasteiger partial charge on any atom is 0.0490 e. The first kappa shape index (κ1) is 19.6. The van der Waals surface area contributed by atoms with Crippen LogP contribution in [0.1, 0.15) is 0 Å². The Kier molecular flexibility index (Phi) is 4.37. The number of aryl methyl sites for hydroxylation is 2. The first-order chi connectivity index (χ1) is 15.3. The van der Waals surface area contributed by atoms with Crippen LogP contribution in [0.5, 0.6) is 0 Å². The molecule has 2 heterocycles. The quantitative estimate of drug-likeness (QED) is 0.258. The number of anilines is 4. The normalized spacial score (nSPS) is 11.3. The minimum atomic E-state index is 0.780. The molecule has 0 amide bonds. The molecule has 6 aromatic rings. The van der Waals surface area contributed by atoms with E-state index in [9.17, 15) is 0 Å². The molecule has 4 aromatic carbocycles. The fraction of sp³-hybridized carbons (Fsp3) is 0.0769. The second kappa shape index (κ2) is 7.13. The minimum absolute atomic E-state index is 0.780. The van der Waals surface area contributed by atoms with Crippen molar-refractivity contribution in [2.75, 3.05) is 22.9 Å². The van der Waals surface area contributed by atoms with Gasteiger partial charge in [0, 0.05) is 80.5 Å². The van der Waals surface area contributed by atoms with Crippen LogP contribution in [0.25, 0.3) is 43.6 Å². The van der Waals surface area contributed by atoms with Crippen LogP contribution in [0.15, 0.2) is 72.8 Å². The Bertz CT molecular complexity index is 1400. The molecule has 8 N–H and O–H groups in total. The van der Waals surface area contributed by atoms with Gasteiger partial charge in [0.1, 0.15) is 0 Å². The van der Waals surface area contributed by atoms with Gasteiger partial charge in [-0.25, -0.2) is 0 Å². The number of hydrogen-bond donors (Lipinski definition) is 4. The summed E-state index contributed by atoms with van der Waals surface area (Å²) in [5.74, 6) is 0. The number of fused-ring (bicyclic) bond motifs is 6. The molecule has 0 spiro atoms. The fourth-order valence-corrected chi connectivity index (χ4v) is 4.51. The molecule has 0 unspecified atom stereocenters. The third-order valence-corrected chi connectivity index (χ3v) is 6.11. The van der Waals surface area contributed by atoms with Gasteiger partial charge < -0.3 is 32.1 Å². The Labute approximate surface area is 185 Å². The summed E-state index contributed by atoms with van der Waals surface area (Å²) in [5.41, 5.74) is 31.1. The molecule has 0 saturated carbocycles. The van der Waals surface area contributed by atoms with E-state index in [1.54, 1.807) is 0 Å². The van der Waals surface area contributed by atoms with Crippen molar-refractivity contribution in [2.24, 2.45) is 14.1 Å². The molecule has 6 heteroatoms. The standard InChI is InChI=1S/2C13H13N3/c2*1-16-12-4-2-8(14)6-10(12)11-7-9(15)3-5-13(11)16/h2*2-7H,14-15H2,1H3. The molecule has 160 valence electrons. The van der Waals surface area contributed by atoms with E-state index in [4.69, 9.17) is 22.9 Å².